The molecule has 192 valence electrons. The van der Waals surface area contributed by atoms with E-state index in [0.717, 1.165) is 29.1 Å². The zero-order valence-corrected chi connectivity index (χ0v) is 21.1. The van der Waals surface area contributed by atoms with Gasteiger partial charge >= 0.3 is 5.97 Å². The third kappa shape index (κ3) is 5.09. The molecule has 11 heteroatoms. The predicted molar refractivity (Wildman–Crippen MR) is 140 cm³/mol. The Morgan fingerprint density at radius 3 is 2.78 bits per heavy atom. The number of ether oxygens (including phenoxy) is 1. The molecule has 0 aliphatic carbocycles. The van der Waals surface area contributed by atoms with E-state index < -0.39 is 17.3 Å². The van der Waals surface area contributed by atoms with E-state index in [1.165, 1.54) is 18.9 Å². The number of carbonyl (C=O) groups is 3. The molecule has 4 heterocycles. The standard InChI is InChI=1S/C26H27N5O5S/c1-36-22-5-3-17-23(30-22)18(6-10-27-17)29-24(33)26(25(34)35)8-12-31(13-9-26)11-7-16-2-4-20-19(14-16)28-21(32)15-37-20/h2-6,10,14H,7-9,11-13,15H2,1H3,(H,28,32)(H,34,35)(H,27,29,33). The average Bonchev–Trinajstić information content (AvgIpc) is 2.91. The number of fused-ring (bicyclic) bond motifs is 2. The lowest BCUT2D eigenvalue weighted by atomic mass is 9.77. The van der Waals surface area contributed by atoms with E-state index in [4.69, 9.17) is 4.74 Å². The maximum absolute atomic E-state index is 13.4. The molecular formula is C26H27N5O5S. The van der Waals surface area contributed by atoms with E-state index in [9.17, 15) is 19.5 Å². The Morgan fingerprint density at radius 1 is 1.22 bits per heavy atom. The van der Waals surface area contributed by atoms with Gasteiger partial charge in [-0.2, -0.15) is 0 Å². The Morgan fingerprint density at radius 2 is 2.03 bits per heavy atom. The number of carboxylic acid groups (broad SMARTS) is 1. The van der Waals surface area contributed by atoms with Crippen molar-refractivity contribution < 1.29 is 24.2 Å². The molecule has 0 spiro atoms. The van der Waals surface area contributed by atoms with Gasteiger partial charge in [0.2, 0.25) is 17.7 Å². The van der Waals surface area contributed by atoms with Gasteiger partial charge in [0, 0.05) is 23.7 Å². The first-order valence-electron chi connectivity index (χ1n) is 12.0. The Bertz CT molecular complexity index is 1370. The normalized spacial score (nSPS) is 17.1. The van der Waals surface area contributed by atoms with Crippen LogP contribution in [0.3, 0.4) is 0 Å². The van der Waals surface area contributed by atoms with Crippen LogP contribution in [-0.4, -0.2) is 70.3 Å². The van der Waals surface area contributed by atoms with Gasteiger partial charge in [-0.25, -0.2) is 4.98 Å². The van der Waals surface area contributed by atoms with E-state index in [1.54, 1.807) is 24.4 Å². The predicted octanol–water partition coefficient (Wildman–Crippen LogP) is 3.03. The van der Waals surface area contributed by atoms with Gasteiger partial charge < -0.3 is 25.4 Å². The van der Waals surface area contributed by atoms with Crippen molar-refractivity contribution in [1.29, 1.82) is 0 Å². The second kappa shape index (κ2) is 10.3. The van der Waals surface area contributed by atoms with Gasteiger partial charge in [0.25, 0.3) is 0 Å². The highest BCUT2D eigenvalue weighted by atomic mass is 32.2. The van der Waals surface area contributed by atoms with Crippen LogP contribution in [0.4, 0.5) is 11.4 Å². The minimum absolute atomic E-state index is 0.00338. The number of likely N-dealkylation sites (tertiary alicyclic amines) is 1. The molecule has 2 aromatic heterocycles. The van der Waals surface area contributed by atoms with Gasteiger partial charge in [-0.05, 0) is 62.2 Å². The van der Waals surface area contributed by atoms with E-state index in [1.807, 2.05) is 12.1 Å². The minimum Gasteiger partial charge on any atom is -0.481 e. The second-order valence-corrected chi connectivity index (χ2v) is 10.2. The van der Waals surface area contributed by atoms with Crippen LogP contribution in [0.5, 0.6) is 5.88 Å². The average molecular weight is 522 g/mol. The molecule has 2 aliphatic heterocycles. The number of aliphatic carboxylic acids is 1. The number of aromatic nitrogens is 2. The topological polar surface area (TPSA) is 134 Å². The molecule has 0 bridgehead atoms. The summed E-state index contributed by atoms with van der Waals surface area (Å²) in [5.74, 6) is -0.877. The van der Waals surface area contributed by atoms with E-state index >= 15 is 0 Å². The number of piperidine rings is 1. The molecule has 0 unspecified atom stereocenters. The monoisotopic (exact) mass is 521 g/mol. The van der Waals surface area contributed by atoms with E-state index in [0.29, 0.717) is 41.4 Å². The molecule has 1 fully saturated rings. The smallest absolute Gasteiger partial charge is 0.319 e. The molecule has 3 aromatic rings. The molecule has 0 saturated carbocycles. The molecule has 10 nitrogen and oxygen atoms in total. The van der Waals surface area contributed by atoms with Crippen LogP contribution in [0.15, 0.2) is 47.5 Å². The second-order valence-electron chi connectivity index (χ2n) is 9.18. The molecule has 5 rings (SSSR count). The molecule has 2 aliphatic rings. The van der Waals surface area contributed by atoms with Crippen molar-refractivity contribution in [1.82, 2.24) is 14.9 Å². The number of nitrogens with zero attached hydrogens (tertiary/aromatic N) is 3. The van der Waals surface area contributed by atoms with Crippen molar-refractivity contribution in [3.63, 3.8) is 0 Å². The summed E-state index contributed by atoms with van der Waals surface area (Å²) in [5.41, 5.74) is 1.82. The number of methoxy groups -OCH3 is 1. The largest absolute Gasteiger partial charge is 0.481 e. The maximum atomic E-state index is 13.4. The number of rotatable bonds is 7. The zero-order valence-electron chi connectivity index (χ0n) is 20.3. The highest BCUT2D eigenvalue weighted by molar-refractivity contribution is 8.00. The van der Waals surface area contributed by atoms with Gasteiger partial charge in [0.1, 0.15) is 10.9 Å². The molecular weight excluding hydrogens is 494 g/mol. The van der Waals surface area contributed by atoms with Crippen LogP contribution < -0.4 is 15.4 Å². The zero-order chi connectivity index (χ0) is 26.0. The summed E-state index contributed by atoms with van der Waals surface area (Å²) in [6, 6.07) is 11.1. The molecule has 0 atom stereocenters. The number of thioether (sulfide) groups is 1. The Labute approximate surface area is 217 Å². The van der Waals surface area contributed by atoms with Crippen molar-refractivity contribution in [3.8, 4) is 5.88 Å². The Kier molecular flexibility index (Phi) is 6.98. The molecule has 1 saturated heterocycles. The number of pyridine rings is 2. The van der Waals surface area contributed by atoms with E-state index in [-0.39, 0.29) is 18.7 Å². The fraction of sp³-hybridized carbons (Fsp3) is 0.346. The number of benzene rings is 1. The van der Waals surface area contributed by atoms with Crippen molar-refractivity contribution in [2.45, 2.75) is 24.2 Å². The summed E-state index contributed by atoms with van der Waals surface area (Å²) in [6.07, 6.45) is 2.71. The Hall–Kier alpha value is -3.70. The summed E-state index contributed by atoms with van der Waals surface area (Å²) in [7, 11) is 1.50. The van der Waals surface area contributed by atoms with Gasteiger partial charge in [0.15, 0.2) is 0 Å². The molecule has 2 amide bonds. The molecule has 0 radical (unpaired) electrons. The summed E-state index contributed by atoms with van der Waals surface area (Å²) >= 11 is 1.53. The third-order valence-corrected chi connectivity index (χ3v) is 8.04. The van der Waals surface area contributed by atoms with Crippen LogP contribution >= 0.6 is 11.8 Å². The lowest BCUT2D eigenvalue weighted by Gasteiger charge is -2.37. The van der Waals surface area contributed by atoms with Crippen LogP contribution in [0.2, 0.25) is 0 Å². The van der Waals surface area contributed by atoms with Crippen molar-refractivity contribution in [3.05, 3.63) is 48.2 Å². The first-order chi connectivity index (χ1) is 17.9. The molecule has 1 aromatic carbocycles. The first kappa shape index (κ1) is 25.0. The number of nitrogens with one attached hydrogen (secondary N) is 2. The van der Waals surface area contributed by atoms with Crippen molar-refractivity contribution in [2.24, 2.45) is 5.41 Å². The van der Waals surface area contributed by atoms with Crippen molar-refractivity contribution >= 4 is 52.0 Å². The summed E-state index contributed by atoms with van der Waals surface area (Å²) < 4.78 is 5.18. The van der Waals surface area contributed by atoms with Crippen LogP contribution in [-0.2, 0) is 20.8 Å². The summed E-state index contributed by atoms with van der Waals surface area (Å²) in [4.78, 5) is 49.3. The lowest BCUT2D eigenvalue weighted by molar-refractivity contribution is -0.157. The fourth-order valence-electron chi connectivity index (χ4n) is 4.73. The SMILES string of the molecule is COc1ccc2nccc(NC(=O)C3(C(=O)O)CCN(CCc4ccc5c(c4)NC(=O)CS5)CC3)c2n1. The number of carbonyl (C=O) groups excluding carboxylic acids is 2. The summed E-state index contributed by atoms with van der Waals surface area (Å²) in [5, 5.41) is 15.8. The Balaban J connectivity index is 1.24. The quantitative estimate of drug-likeness (QED) is 0.401. The van der Waals surface area contributed by atoms with Gasteiger partial charge in [-0.15, -0.1) is 11.8 Å². The number of anilines is 2. The molecule has 3 N–H and O–H groups in total. The number of hydrogen-bond donors (Lipinski definition) is 3. The van der Waals surface area contributed by atoms with Gasteiger partial charge in [-0.1, -0.05) is 6.07 Å². The first-order valence-corrected chi connectivity index (χ1v) is 13.0. The maximum Gasteiger partial charge on any atom is 0.319 e. The molecule has 37 heavy (non-hydrogen) atoms. The fourth-order valence-corrected chi connectivity index (χ4v) is 5.52. The van der Waals surface area contributed by atoms with Crippen LogP contribution in [0.25, 0.3) is 11.0 Å². The minimum atomic E-state index is -1.53. The number of carboxylic acids is 1. The summed E-state index contributed by atoms with van der Waals surface area (Å²) in [6.45, 7) is 1.71. The van der Waals surface area contributed by atoms with Crippen LogP contribution in [0, 0.1) is 5.41 Å². The number of hydrogen-bond acceptors (Lipinski definition) is 8. The van der Waals surface area contributed by atoms with E-state index in [2.05, 4.69) is 31.6 Å². The third-order valence-electron chi connectivity index (χ3n) is 6.96. The van der Waals surface area contributed by atoms with Crippen LogP contribution in [0.1, 0.15) is 18.4 Å². The van der Waals surface area contributed by atoms with Gasteiger partial charge in [0.05, 0.1) is 29.8 Å². The van der Waals surface area contributed by atoms with Gasteiger partial charge in [-0.3, -0.25) is 19.4 Å². The number of amides is 2. The van der Waals surface area contributed by atoms with Crippen molar-refractivity contribution in [2.75, 3.05) is 43.1 Å². The highest BCUT2D eigenvalue weighted by Crippen LogP contribution is 2.35. The lowest BCUT2D eigenvalue weighted by Crippen LogP contribution is -2.51. The highest BCUT2D eigenvalue weighted by Gasteiger charge is 2.48.